The molecular weight excluding hydrogens is 386 g/mol. The number of carbonyl (C=O) groups is 2. The van der Waals surface area contributed by atoms with Crippen LogP contribution in [0.1, 0.15) is 62.0 Å². The van der Waals surface area contributed by atoms with Gasteiger partial charge in [-0.1, -0.05) is 6.92 Å². The smallest absolute Gasteiger partial charge is 0.231 e. The van der Waals surface area contributed by atoms with Crippen molar-refractivity contribution in [2.75, 3.05) is 19.6 Å². The minimum atomic E-state index is -0.577. The number of likely N-dealkylation sites (tertiary alicyclic amines) is 2. The second-order valence-corrected chi connectivity index (χ2v) is 9.57. The number of rotatable bonds is 5. The Labute approximate surface area is 175 Å². The van der Waals surface area contributed by atoms with Crippen LogP contribution < -0.4 is 0 Å². The molecule has 4 heterocycles. The van der Waals surface area contributed by atoms with Crippen molar-refractivity contribution in [3.8, 4) is 0 Å². The fraction of sp³-hybridized carbons (Fsp3) is 0.619. The lowest BCUT2D eigenvalue weighted by Crippen LogP contribution is -2.40. The van der Waals surface area contributed by atoms with Gasteiger partial charge in [0.25, 0.3) is 0 Å². The molecular formula is C21H29N5O2S. The Kier molecular flexibility index (Phi) is 5.23. The van der Waals surface area contributed by atoms with Crippen molar-refractivity contribution in [3.63, 3.8) is 0 Å². The summed E-state index contributed by atoms with van der Waals surface area (Å²) in [6, 6.07) is 0.311. The van der Waals surface area contributed by atoms with Gasteiger partial charge in [0.05, 0.1) is 34.7 Å². The maximum atomic E-state index is 13.7. The van der Waals surface area contributed by atoms with Crippen LogP contribution in [0, 0.1) is 12.3 Å². The molecule has 2 aliphatic heterocycles. The molecule has 1 spiro atoms. The van der Waals surface area contributed by atoms with E-state index < -0.39 is 5.41 Å². The zero-order valence-corrected chi connectivity index (χ0v) is 18.4. The standard InChI is InChI=1S/C21H29N5O2S/c1-5-19(27)25-9-17(18-10-26(13-22-18)14(2)3)21(12-25)6-7-24(20(21)28)8-16-11-29-15(4)23-16/h10-11,13-14,17H,5-9,12H2,1-4H3/t17-,21+/m0/s1. The highest BCUT2D eigenvalue weighted by molar-refractivity contribution is 7.09. The molecule has 29 heavy (non-hydrogen) atoms. The molecule has 2 saturated heterocycles. The first-order chi connectivity index (χ1) is 13.8. The second kappa shape index (κ2) is 7.55. The van der Waals surface area contributed by atoms with Gasteiger partial charge in [0.1, 0.15) is 0 Å². The van der Waals surface area contributed by atoms with Crippen molar-refractivity contribution in [3.05, 3.63) is 34.3 Å². The summed E-state index contributed by atoms with van der Waals surface area (Å²) in [5, 5.41) is 3.04. The lowest BCUT2D eigenvalue weighted by atomic mass is 9.75. The third-order valence-corrected chi connectivity index (χ3v) is 7.16. The summed E-state index contributed by atoms with van der Waals surface area (Å²) < 4.78 is 2.07. The van der Waals surface area contributed by atoms with Crippen LogP contribution in [0.2, 0.25) is 0 Å². The van der Waals surface area contributed by atoms with Crippen molar-refractivity contribution in [1.82, 2.24) is 24.3 Å². The summed E-state index contributed by atoms with van der Waals surface area (Å²) in [5.74, 6) is 0.183. The molecule has 0 aromatic carbocycles. The predicted octanol–water partition coefficient (Wildman–Crippen LogP) is 2.98. The highest BCUT2D eigenvalue weighted by Crippen LogP contribution is 2.50. The van der Waals surface area contributed by atoms with E-state index in [0.29, 0.717) is 38.6 Å². The molecule has 2 aromatic heterocycles. The molecule has 7 nitrogen and oxygen atoms in total. The minimum absolute atomic E-state index is 0.0623. The first kappa shape index (κ1) is 20.1. The maximum Gasteiger partial charge on any atom is 0.231 e. The van der Waals surface area contributed by atoms with E-state index in [1.807, 2.05) is 35.4 Å². The lowest BCUT2D eigenvalue weighted by Gasteiger charge is -2.27. The number of hydrogen-bond acceptors (Lipinski definition) is 5. The molecule has 0 unspecified atom stereocenters. The van der Waals surface area contributed by atoms with Gasteiger partial charge in [-0.3, -0.25) is 9.59 Å². The molecule has 8 heteroatoms. The van der Waals surface area contributed by atoms with E-state index in [2.05, 4.69) is 34.6 Å². The van der Waals surface area contributed by atoms with Crippen LogP contribution in [-0.2, 0) is 16.1 Å². The van der Waals surface area contributed by atoms with Gasteiger partial charge in [-0.2, -0.15) is 0 Å². The summed E-state index contributed by atoms with van der Waals surface area (Å²) in [4.78, 5) is 39.1. The van der Waals surface area contributed by atoms with E-state index in [-0.39, 0.29) is 17.7 Å². The third kappa shape index (κ3) is 3.47. The van der Waals surface area contributed by atoms with Crippen LogP contribution in [0.25, 0.3) is 0 Å². The van der Waals surface area contributed by atoms with Gasteiger partial charge in [-0.25, -0.2) is 9.97 Å². The van der Waals surface area contributed by atoms with Crippen LogP contribution in [0.5, 0.6) is 0 Å². The number of carbonyl (C=O) groups excluding carboxylic acids is 2. The number of amides is 2. The molecule has 2 amide bonds. The number of thiazole rings is 1. The largest absolute Gasteiger partial charge is 0.341 e. The van der Waals surface area contributed by atoms with Crippen molar-refractivity contribution in [2.45, 2.75) is 59.0 Å². The monoisotopic (exact) mass is 415 g/mol. The van der Waals surface area contributed by atoms with Crippen LogP contribution in [0.4, 0.5) is 0 Å². The van der Waals surface area contributed by atoms with Gasteiger partial charge >= 0.3 is 0 Å². The average molecular weight is 416 g/mol. The van der Waals surface area contributed by atoms with Gasteiger partial charge in [0.15, 0.2) is 0 Å². The van der Waals surface area contributed by atoms with E-state index in [1.165, 1.54) is 0 Å². The summed E-state index contributed by atoms with van der Waals surface area (Å²) in [7, 11) is 0. The molecule has 156 valence electrons. The Hall–Kier alpha value is -2.22. The first-order valence-electron chi connectivity index (χ1n) is 10.4. The maximum absolute atomic E-state index is 13.7. The molecule has 2 aliphatic rings. The highest BCUT2D eigenvalue weighted by atomic mass is 32.1. The van der Waals surface area contributed by atoms with Crippen molar-refractivity contribution in [2.24, 2.45) is 5.41 Å². The topological polar surface area (TPSA) is 71.3 Å². The molecule has 0 bridgehead atoms. The highest BCUT2D eigenvalue weighted by Gasteiger charge is 2.58. The van der Waals surface area contributed by atoms with Gasteiger partial charge in [0, 0.05) is 49.6 Å². The van der Waals surface area contributed by atoms with E-state index >= 15 is 0 Å². The molecule has 0 radical (unpaired) electrons. The van der Waals surface area contributed by atoms with Gasteiger partial charge in [-0.15, -0.1) is 11.3 Å². The molecule has 0 saturated carbocycles. The normalized spacial score (nSPS) is 24.4. The zero-order chi connectivity index (χ0) is 20.8. The van der Waals surface area contributed by atoms with Crippen molar-refractivity contribution < 1.29 is 9.59 Å². The Morgan fingerprint density at radius 2 is 2.21 bits per heavy atom. The molecule has 2 atom stereocenters. The Morgan fingerprint density at radius 1 is 1.41 bits per heavy atom. The molecule has 0 N–H and O–H groups in total. The van der Waals surface area contributed by atoms with E-state index in [0.717, 1.165) is 22.8 Å². The molecule has 0 aliphatic carbocycles. The number of hydrogen-bond donors (Lipinski definition) is 0. The second-order valence-electron chi connectivity index (χ2n) is 8.51. The van der Waals surface area contributed by atoms with Gasteiger partial charge in [0.2, 0.25) is 11.8 Å². The minimum Gasteiger partial charge on any atom is -0.341 e. The summed E-state index contributed by atoms with van der Waals surface area (Å²) in [6.45, 7) is 10.4. The Morgan fingerprint density at radius 3 is 2.83 bits per heavy atom. The van der Waals surface area contributed by atoms with Gasteiger partial charge < -0.3 is 14.4 Å². The Balaban J connectivity index is 1.64. The van der Waals surface area contributed by atoms with E-state index in [1.54, 1.807) is 11.3 Å². The quantitative estimate of drug-likeness (QED) is 0.753. The summed E-state index contributed by atoms with van der Waals surface area (Å²) >= 11 is 1.61. The zero-order valence-electron chi connectivity index (χ0n) is 17.6. The van der Waals surface area contributed by atoms with Crippen LogP contribution in [0.15, 0.2) is 17.9 Å². The molecule has 2 fully saturated rings. The SMILES string of the molecule is CCC(=O)N1C[C@@H](c2cn(C(C)C)cn2)[C@@]2(CCN(Cc3csc(C)n3)C2=O)C1. The predicted molar refractivity (Wildman–Crippen MR) is 112 cm³/mol. The number of imidazole rings is 1. The van der Waals surface area contributed by atoms with E-state index in [4.69, 9.17) is 0 Å². The van der Waals surface area contributed by atoms with Crippen LogP contribution in [0.3, 0.4) is 0 Å². The summed E-state index contributed by atoms with van der Waals surface area (Å²) in [6.07, 6.45) is 5.10. The number of aryl methyl sites for hydroxylation is 1. The number of aromatic nitrogens is 3. The van der Waals surface area contributed by atoms with Crippen molar-refractivity contribution in [1.29, 1.82) is 0 Å². The summed E-state index contributed by atoms with van der Waals surface area (Å²) in [5.41, 5.74) is 1.29. The third-order valence-electron chi connectivity index (χ3n) is 6.33. The van der Waals surface area contributed by atoms with Crippen LogP contribution >= 0.6 is 11.3 Å². The van der Waals surface area contributed by atoms with Crippen molar-refractivity contribution >= 4 is 23.2 Å². The molecule has 4 rings (SSSR count). The van der Waals surface area contributed by atoms with Crippen LogP contribution in [-0.4, -0.2) is 55.8 Å². The fourth-order valence-corrected chi connectivity index (χ4v) is 5.27. The first-order valence-corrected chi connectivity index (χ1v) is 11.2. The van der Waals surface area contributed by atoms with Gasteiger partial charge in [-0.05, 0) is 27.2 Å². The Bertz CT molecular complexity index is 920. The average Bonchev–Trinajstić information content (AvgIpc) is 3.46. The lowest BCUT2D eigenvalue weighted by molar-refractivity contribution is -0.137. The number of nitrogens with zero attached hydrogens (tertiary/aromatic N) is 5. The van der Waals surface area contributed by atoms with E-state index in [9.17, 15) is 9.59 Å². The fourth-order valence-electron chi connectivity index (χ4n) is 4.67. The molecule has 2 aromatic rings.